The van der Waals surface area contributed by atoms with Gasteiger partial charge in [0.2, 0.25) is 0 Å². The molecule has 2 nitrogen and oxygen atoms in total. The molecule has 5 heteroatoms. The van der Waals surface area contributed by atoms with Gasteiger partial charge in [-0.25, -0.2) is 0 Å². The van der Waals surface area contributed by atoms with Crippen molar-refractivity contribution in [3.8, 4) is 0 Å². The fourth-order valence-electron chi connectivity index (χ4n) is 2.28. The van der Waals surface area contributed by atoms with Crippen LogP contribution in [0, 0.1) is 0 Å². The SMILES string of the molecule is CCNC(Cc1cccc(Cl)c1Cl)C1CSCCO1. The summed E-state index contributed by atoms with van der Waals surface area (Å²) >= 11 is 14.3. The van der Waals surface area contributed by atoms with Crippen molar-refractivity contribution in [2.45, 2.75) is 25.5 Å². The second kappa shape index (κ2) is 7.75. The molecular formula is C14H19Cl2NOS. The van der Waals surface area contributed by atoms with E-state index in [-0.39, 0.29) is 12.1 Å². The van der Waals surface area contributed by atoms with Crippen molar-refractivity contribution in [3.63, 3.8) is 0 Å². The molecule has 2 rings (SSSR count). The molecule has 106 valence electrons. The maximum Gasteiger partial charge on any atom is 0.0821 e. The lowest BCUT2D eigenvalue weighted by Gasteiger charge is -2.31. The first kappa shape index (κ1) is 15.5. The quantitative estimate of drug-likeness (QED) is 0.895. The number of hydrogen-bond acceptors (Lipinski definition) is 3. The van der Waals surface area contributed by atoms with Gasteiger partial charge in [-0.05, 0) is 24.6 Å². The van der Waals surface area contributed by atoms with Gasteiger partial charge in [0.25, 0.3) is 0 Å². The van der Waals surface area contributed by atoms with E-state index >= 15 is 0 Å². The summed E-state index contributed by atoms with van der Waals surface area (Å²) in [6.07, 6.45) is 1.09. The maximum absolute atomic E-state index is 6.27. The highest BCUT2D eigenvalue weighted by Crippen LogP contribution is 2.27. The summed E-state index contributed by atoms with van der Waals surface area (Å²) in [5.74, 6) is 2.13. The van der Waals surface area contributed by atoms with Crippen molar-refractivity contribution >= 4 is 35.0 Å². The summed E-state index contributed by atoms with van der Waals surface area (Å²) in [7, 11) is 0. The largest absolute Gasteiger partial charge is 0.375 e. The number of nitrogens with one attached hydrogen (secondary N) is 1. The van der Waals surface area contributed by atoms with Gasteiger partial charge in [0.05, 0.1) is 22.8 Å². The third-order valence-electron chi connectivity index (χ3n) is 3.23. The van der Waals surface area contributed by atoms with Crippen LogP contribution in [0.15, 0.2) is 18.2 Å². The molecule has 2 atom stereocenters. The minimum Gasteiger partial charge on any atom is -0.375 e. The molecule has 0 amide bonds. The molecule has 19 heavy (non-hydrogen) atoms. The van der Waals surface area contributed by atoms with Crippen LogP contribution < -0.4 is 5.32 Å². The number of halogens is 2. The van der Waals surface area contributed by atoms with Gasteiger partial charge < -0.3 is 10.1 Å². The average molecular weight is 320 g/mol. The Labute approximate surface area is 129 Å². The van der Waals surface area contributed by atoms with Gasteiger partial charge in [0.1, 0.15) is 0 Å². The topological polar surface area (TPSA) is 21.3 Å². The van der Waals surface area contributed by atoms with Crippen LogP contribution in [-0.2, 0) is 11.2 Å². The number of rotatable bonds is 5. The first-order chi connectivity index (χ1) is 9.22. The minimum absolute atomic E-state index is 0.244. The molecule has 1 aromatic rings. The highest BCUT2D eigenvalue weighted by Gasteiger charge is 2.25. The van der Waals surface area contributed by atoms with E-state index in [1.54, 1.807) is 0 Å². The first-order valence-electron chi connectivity index (χ1n) is 6.58. The van der Waals surface area contributed by atoms with Crippen LogP contribution >= 0.6 is 35.0 Å². The van der Waals surface area contributed by atoms with Gasteiger partial charge in [0.15, 0.2) is 0 Å². The van der Waals surface area contributed by atoms with Crippen LogP contribution in [0.1, 0.15) is 12.5 Å². The zero-order valence-corrected chi connectivity index (χ0v) is 13.3. The van der Waals surface area contributed by atoms with Crippen molar-refractivity contribution in [1.82, 2.24) is 5.32 Å². The lowest BCUT2D eigenvalue weighted by atomic mass is 10.0. The van der Waals surface area contributed by atoms with Gasteiger partial charge in [0, 0.05) is 17.5 Å². The third-order valence-corrected chi connectivity index (χ3v) is 5.11. The fourth-order valence-corrected chi connectivity index (χ4v) is 3.62. The lowest BCUT2D eigenvalue weighted by Crippen LogP contribution is -2.46. The van der Waals surface area contributed by atoms with Crippen molar-refractivity contribution in [2.75, 3.05) is 24.7 Å². The molecule has 1 aliphatic rings. The number of ether oxygens (including phenoxy) is 1. The predicted molar refractivity (Wildman–Crippen MR) is 84.7 cm³/mol. The molecule has 1 fully saturated rings. The summed E-state index contributed by atoms with van der Waals surface area (Å²) in [6, 6.07) is 6.09. The molecule has 1 aromatic carbocycles. The molecule has 1 saturated heterocycles. The monoisotopic (exact) mass is 319 g/mol. The fraction of sp³-hybridized carbons (Fsp3) is 0.571. The average Bonchev–Trinajstić information content (AvgIpc) is 2.44. The summed E-state index contributed by atoms with van der Waals surface area (Å²) in [4.78, 5) is 0. The van der Waals surface area contributed by atoms with E-state index in [4.69, 9.17) is 27.9 Å². The Hall–Kier alpha value is 0.0700. The Kier molecular flexibility index (Phi) is 6.30. The van der Waals surface area contributed by atoms with E-state index in [1.165, 1.54) is 0 Å². The van der Waals surface area contributed by atoms with Gasteiger partial charge in [-0.15, -0.1) is 0 Å². The molecule has 1 aliphatic heterocycles. The van der Waals surface area contributed by atoms with Crippen molar-refractivity contribution < 1.29 is 4.74 Å². The summed E-state index contributed by atoms with van der Waals surface area (Å²) in [5, 5.41) is 4.79. The van der Waals surface area contributed by atoms with Crippen molar-refractivity contribution in [1.29, 1.82) is 0 Å². The van der Waals surface area contributed by atoms with Crippen LogP contribution in [0.3, 0.4) is 0 Å². The van der Waals surface area contributed by atoms with Crippen LogP contribution in [0.2, 0.25) is 10.0 Å². The molecular weight excluding hydrogens is 301 g/mol. The van der Waals surface area contributed by atoms with E-state index in [9.17, 15) is 0 Å². The highest BCUT2D eigenvalue weighted by atomic mass is 35.5. The third kappa shape index (κ3) is 4.27. The Morgan fingerprint density at radius 3 is 3.00 bits per heavy atom. The molecule has 0 aliphatic carbocycles. The van der Waals surface area contributed by atoms with Crippen LogP contribution in [0.4, 0.5) is 0 Å². The summed E-state index contributed by atoms with van der Waals surface area (Å²) < 4.78 is 5.88. The predicted octanol–water partition coefficient (Wildman–Crippen LogP) is 3.65. The second-order valence-corrected chi connectivity index (χ2v) is 6.50. The van der Waals surface area contributed by atoms with Gasteiger partial charge >= 0.3 is 0 Å². The number of thioether (sulfide) groups is 1. The number of hydrogen-bond donors (Lipinski definition) is 1. The zero-order valence-electron chi connectivity index (χ0n) is 11.0. The summed E-state index contributed by atoms with van der Waals surface area (Å²) in [6.45, 7) is 3.87. The van der Waals surface area contributed by atoms with Crippen molar-refractivity contribution in [2.24, 2.45) is 0 Å². The molecule has 0 bridgehead atoms. The Bertz CT molecular complexity index is 410. The van der Waals surface area contributed by atoms with Crippen LogP contribution in [0.5, 0.6) is 0 Å². The van der Waals surface area contributed by atoms with Gasteiger partial charge in [-0.1, -0.05) is 42.3 Å². The molecule has 2 unspecified atom stereocenters. The van der Waals surface area contributed by atoms with Gasteiger partial charge in [-0.3, -0.25) is 0 Å². The van der Waals surface area contributed by atoms with E-state index in [2.05, 4.69) is 12.2 Å². The smallest absolute Gasteiger partial charge is 0.0821 e. The second-order valence-electron chi connectivity index (χ2n) is 4.57. The maximum atomic E-state index is 6.27. The molecule has 0 aromatic heterocycles. The van der Waals surface area contributed by atoms with E-state index < -0.39 is 0 Å². The number of benzene rings is 1. The zero-order chi connectivity index (χ0) is 13.7. The van der Waals surface area contributed by atoms with Crippen LogP contribution in [0.25, 0.3) is 0 Å². The molecule has 1 N–H and O–H groups in total. The minimum atomic E-state index is 0.244. The summed E-state index contributed by atoms with van der Waals surface area (Å²) in [5.41, 5.74) is 1.08. The lowest BCUT2D eigenvalue weighted by molar-refractivity contribution is 0.0476. The van der Waals surface area contributed by atoms with E-state index in [1.807, 2.05) is 30.0 Å². The number of likely N-dealkylation sites (N-methyl/N-ethyl adjacent to an activating group) is 1. The standard InChI is InChI=1S/C14H19Cl2NOS/c1-2-17-12(13-9-19-7-6-18-13)8-10-4-3-5-11(15)14(10)16/h3-5,12-13,17H,2,6-9H2,1H3. The first-order valence-corrected chi connectivity index (χ1v) is 8.49. The molecule has 0 saturated carbocycles. The van der Waals surface area contributed by atoms with E-state index in [0.29, 0.717) is 10.0 Å². The molecule has 1 heterocycles. The normalized spacial score (nSPS) is 21.3. The molecule has 0 spiro atoms. The van der Waals surface area contributed by atoms with Crippen molar-refractivity contribution in [3.05, 3.63) is 33.8 Å². The van der Waals surface area contributed by atoms with Gasteiger partial charge in [-0.2, -0.15) is 11.8 Å². The molecule has 0 radical (unpaired) electrons. The Morgan fingerprint density at radius 1 is 1.47 bits per heavy atom. The van der Waals surface area contributed by atoms with Crippen LogP contribution in [-0.4, -0.2) is 36.8 Å². The van der Waals surface area contributed by atoms with E-state index in [0.717, 1.165) is 36.6 Å². The Morgan fingerprint density at radius 2 is 2.32 bits per heavy atom. The highest BCUT2D eigenvalue weighted by molar-refractivity contribution is 7.99. The Balaban J connectivity index is 2.08.